The topological polar surface area (TPSA) is 101 Å². The van der Waals surface area contributed by atoms with Crippen molar-refractivity contribution in [2.24, 2.45) is 4.99 Å². The fourth-order valence-electron chi connectivity index (χ4n) is 3.60. The Morgan fingerprint density at radius 3 is 2.72 bits per heavy atom. The molecule has 0 saturated heterocycles. The average Bonchev–Trinajstić information content (AvgIpc) is 2.87. The minimum atomic E-state index is -0.534. The number of carbonyl (C=O) groups is 1. The van der Waals surface area contributed by atoms with Crippen LogP contribution in [0.3, 0.4) is 0 Å². The first kappa shape index (κ1) is 24.9. The minimum Gasteiger partial charge on any atom is -0.494 e. The fraction of sp³-hybridized carbons (Fsp3) is 0.200. The van der Waals surface area contributed by atoms with Gasteiger partial charge in [0, 0.05) is 48.6 Å². The van der Waals surface area contributed by atoms with Crippen LogP contribution in [0.5, 0.6) is 11.5 Å². The van der Waals surface area contributed by atoms with Gasteiger partial charge in [-0.3, -0.25) is 4.79 Å². The molecule has 4 rings (SSSR count). The average molecular weight is 511 g/mol. The predicted molar refractivity (Wildman–Crippen MR) is 139 cm³/mol. The molecule has 1 amide bonds. The number of carbonyl (C=O) groups excluding carboxylic acids is 1. The van der Waals surface area contributed by atoms with E-state index in [1.54, 1.807) is 30.5 Å². The third kappa shape index (κ3) is 5.55. The number of anilines is 3. The van der Waals surface area contributed by atoms with Crippen molar-refractivity contribution in [3.8, 4) is 11.5 Å². The van der Waals surface area contributed by atoms with E-state index in [-0.39, 0.29) is 16.8 Å². The molecule has 186 valence electrons. The summed E-state index contributed by atoms with van der Waals surface area (Å²) in [4.78, 5) is 18.9. The van der Waals surface area contributed by atoms with E-state index in [0.29, 0.717) is 40.3 Å². The molecule has 0 bridgehead atoms. The van der Waals surface area contributed by atoms with Crippen LogP contribution in [0.1, 0.15) is 6.92 Å². The summed E-state index contributed by atoms with van der Waals surface area (Å²) in [6.45, 7) is 3.19. The number of hydrogen-bond acceptors (Lipinski definition) is 8. The summed E-state index contributed by atoms with van der Waals surface area (Å²) < 4.78 is 24.6. The van der Waals surface area contributed by atoms with Gasteiger partial charge in [0.05, 0.1) is 31.1 Å². The van der Waals surface area contributed by atoms with Crippen molar-refractivity contribution in [1.29, 1.82) is 0 Å². The number of nitrogens with zero attached hydrogens (tertiary/aromatic N) is 4. The zero-order valence-corrected chi connectivity index (χ0v) is 20.6. The Labute approximate surface area is 212 Å². The highest BCUT2D eigenvalue weighted by Gasteiger charge is 2.16. The molecule has 11 heteroatoms. The lowest BCUT2D eigenvalue weighted by Crippen LogP contribution is -2.30. The molecule has 2 N–H and O–H groups in total. The number of hydrogen-bond donors (Lipinski definition) is 2. The molecular formula is C25H24ClFN6O3. The summed E-state index contributed by atoms with van der Waals surface area (Å²) in [6.07, 6.45) is 6.92. The molecule has 36 heavy (non-hydrogen) atoms. The highest BCUT2D eigenvalue weighted by Crippen LogP contribution is 2.37. The normalized spacial score (nSPS) is 13.1. The smallest absolute Gasteiger partial charge is 0.248 e. The second-order valence-corrected chi connectivity index (χ2v) is 8.13. The van der Waals surface area contributed by atoms with E-state index >= 15 is 0 Å². The maximum absolute atomic E-state index is 14.2. The van der Waals surface area contributed by atoms with Crippen LogP contribution in [0.15, 0.2) is 59.8 Å². The van der Waals surface area contributed by atoms with E-state index in [9.17, 15) is 9.18 Å². The first-order valence-corrected chi connectivity index (χ1v) is 11.3. The number of methoxy groups -OCH3 is 2. The van der Waals surface area contributed by atoms with Crippen molar-refractivity contribution in [2.75, 3.05) is 37.9 Å². The third-order valence-electron chi connectivity index (χ3n) is 5.46. The molecule has 1 aliphatic rings. The number of benzene rings is 2. The van der Waals surface area contributed by atoms with Crippen LogP contribution in [0.25, 0.3) is 10.9 Å². The van der Waals surface area contributed by atoms with Gasteiger partial charge in [0.2, 0.25) is 5.91 Å². The molecule has 0 fully saturated rings. The van der Waals surface area contributed by atoms with Gasteiger partial charge in [-0.05, 0) is 31.2 Å². The minimum absolute atomic E-state index is 0.0775. The van der Waals surface area contributed by atoms with Crippen LogP contribution < -0.4 is 20.1 Å². The first-order valence-electron chi connectivity index (χ1n) is 11.0. The van der Waals surface area contributed by atoms with Crippen molar-refractivity contribution >= 4 is 51.3 Å². The molecule has 9 nitrogen and oxygen atoms in total. The Kier molecular flexibility index (Phi) is 7.65. The number of rotatable bonds is 8. The number of nitrogens with one attached hydrogen (secondary N) is 2. The Bertz CT molecular complexity index is 1390. The lowest BCUT2D eigenvalue weighted by molar-refractivity contribution is -0.111. The number of aliphatic imine (C=N–C) groups is 1. The molecule has 0 aliphatic carbocycles. The molecule has 2 heterocycles. The molecule has 0 atom stereocenters. The summed E-state index contributed by atoms with van der Waals surface area (Å²) in [6, 6.07) is 7.73. The van der Waals surface area contributed by atoms with Gasteiger partial charge >= 0.3 is 0 Å². The first-order chi connectivity index (χ1) is 17.4. The highest BCUT2D eigenvalue weighted by molar-refractivity contribution is 6.33. The largest absolute Gasteiger partial charge is 0.494 e. The van der Waals surface area contributed by atoms with E-state index in [1.165, 1.54) is 32.4 Å². The van der Waals surface area contributed by atoms with Gasteiger partial charge in [0.1, 0.15) is 11.6 Å². The molecule has 2 aromatic carbocycles. The Balaban J connectivity index is 1.59. The van der Waals surface area contributed by atoms with Crippen molar-refractivity contribution in [1.82, 2.24) is 15.1 Å². The van der Waals surface area contributed by atoms with Crippen LogP contribution in [0, 0.1) is 5.82 Å². The van der Waals surface area contributed by atoms with Gasteiger partial charge in [-0.15, -0.1) is 10.2 Å². The zero-order valence-electron chi connectivity index (χ0n) is 19.9. The van der Waals surface area contributed by atoms with E-state index in [4.69, 9.17) is 21.1 Å². The molecule has 0 saturated carbocycles. The molecule has 1 aliphatic heterocycles. The van der Waals surface area contributed by atoms with Gasteiger partial charge < -0.3 is 25.0 Å². The van der Waals surface area contributed by atoms with Gasteiger partial charge in [0.15, 0.2) is 16.7 Å². The van der Waals surface area contributed by atoms with Crippen LogP contribution in [-0.2, 0) is 4.79 Å². The van der Waals surface area contributed by atoms with Gasteiger partial charge in [-0.2, -0.15) is 0 Å². The second kappa shape index (κ2) is 11.0. The molecule has 0 unspecified atom stereocenters. The Morgan fingerprint density at radius 2 is 2.00 bits per heavy atom. The van der Waals surface area contributed by atoms with Gasteiger partial charge in [0.25, 0.3) is 0 Å². The summed E-state index contributed by atoms with van der Waals surface area (Å²) in [5.41, 5.74) is 1.70. The predicted octanol–water partition coefficient (Wildman–Crippen LogP) is 4.93. The summed E-state index contributed by atoms with van der Waals surface area (Å²) >= 11 is 6.33. The van der Waals surface area contributed by atoms with Crippen molar-refractivity contribution in [3.05, 3.63) is 65.7 Å². The Morgan fingerprint density at radius 1 is 1.19 bits per heavy atom. The maximum Gasteiger partial charge on any atom is 0.248 e. The number of fused-ring (bicyclic) bond motifs is 1. The maximum atomic E-state index is 14.2. The third-order valence-corrected chi connectivity index (χ3v) is 5.73. The van der Waals surface area contributed by atoms with E-state index in [0.717, 1.165) is 12.4 Å². The Hall–Kier alpha value is -4.18. The number of amides is 1. The summed E-state index contributed by atoms with van der Waals surface area (Å²) in [5.74, 6) is 0.523. The monoisotopic (exact) mass is 510 g/mol. The van der Waals surface area contributed by atoms with Crippen LogP contribution >= 0.6 is 11.6 Å². The van der Waals surface area contributed by atoms with Crippen LogP contribution in [0.4, 0.5) is 21.5 Å². The molecular weight excluding hydrogens is 487 g/mol. The second-order valence-electron chi connectivity index (χ2n) is 7.77. The SMILES string of the molecule is COc1ccc(Nc2c(Cl)nnc3cc(OC)c(NC(=O)/C=C/CN4CC=CN=C4C)cc23)cc1F. The van der Waals surface area contributed by atoms with E-state index in [2.05, 4.69) is 25.8 Å². The van der Waals surface area contributed by atoms with Crippen molar-refractivity contribution in [3.63, 3.8) is 0 Å². The quantitative estimate of drug-likeness (QED) is 0.414. The van der Waals surface area contributed by atoms with Crippen LogP contribution in [-0.4, -0.2) is 54.1 Å². The fourth-order valence-corrected chi connectivity index (χ4v) is 3.79. The van der Waals surface area contributed by atoms with Crippen LogP contribution in [0.2, 0.25) is 5.15 Å². The lowest BCUT2D eigenvalue weighted by Gasteiger charge is -2.22. The standard InChI is InChI=1S/C25H24ClFN6O3/c1-15-28-9-5-11-33(15)10-4-6-23(34)30-20-13-17-19(14-22(20)36-3)31-32-25(26)24(17)29-16-7-8-21(35-2)18(27)12-16/h4-9,12-14H,10-11H2,1-3H3,(H,29,31)(H,30,34)/b6-4+. The summed E-state index contributed by atoms with van der Waals surface area (Å²) in [5, 5.41) is 14.6. The van der Waals surface area contributed by atoms with E-state index in [1.807, 2.05) is 17.9 Å². The number of amidine groups is 1. The number of ether oxygens (including phenoxy) is 2. The zero-order chi connectivity index (χ0) is 25.7. The molecule has 0 spiro atoms. The van der Waals surface area contributed by atoms with Gasteiger partial charge in [-0.25, -0.2) is 9.38 Å². The number of halogens is 2. The van der Waals surface area contributed by atoms with E-state index < -0.39 is 5.82 Å². The van der Waals surface area contributed by atoms with Gasteiger partial charge in [-0.1, -0.05) is 17.7 Å². The summed E-state index contributed by atoms with van der Waals surface area (Å²) in [7, 11) is 2.88. The van der Waals surface area contributed by atoms with Crippen molar-refractivity contribution < 1.29 is 18.7 Å². The molecule has 1 aromatic heterocycles. The molecule has 0 radical (unpaired) electrons. The molecule has 3 aromatic rings. The lowest BCUT2D eigenvalue weighted by atomic mass is 10.1. The van der Waals surface area contributed by atoms with Crippen molar-refractivity contribution in [2.45, 2.75) is 6.92 Å². The number of aromatic nitrogens is 2. The highest BCUT2D eigenvalue weighted by atomic mass is 35.5.